The lowest BCUT2D eigenvalue weighted by Gasteiger charge is -2.17. The molecule has 1 aromatic rings. The predicted molar refractivity (Wildman–Crippen MR) is 123 cm³/mol. The molecule has 2 unspecified atom stereocenters. The van der Waals surface area contributed by atoms with Gasteiger partial charge in [0.25, 0.3) is 0 Å². The van der Waals surface area contributed by atoms with Crippen LogP contribution < -0.4 is 15.4 Å². The summed E-state index contributed by atoms with van der Waals surface area (Å²) in [6.07, 6.45) is 4.85. The number of hydrogen-bond donors (Lipinski definition) is 2. The predicted octanol–water partition coefficient (Wildman–Crippen LogP) is 3.26. The van der Waals surface area contributed by atoms with E-state index in [1.54, 1.807) is 7.05 Å². The van der Waals surface area contributed by atoms with Gasteiger partial charge >= 0.3 is 0 Å². The quantitative estimate of drug-likeness (QED) is 0.324. The molecule has 3 rings (SSSR count). The van der Waals surface area contributed by atoms with Gasteiger partial charge in [-0.05, 0) is 44.2 Å². The van der Waals surface area contributed by atoms with Crippen LogP contribution >= 0.6 is 24.0 Å². The summed E-state index contributed by atoms with van der Waals surface area (Å²) in [6.45, 7) is 6.91. The van der Waals surface area contributed by atoms with E-state index in [1.165, 1.54) is 18.4 Å². The number of ether oxygens (including phenoxy) is 3. The number of hydrogen-bond acceptors (Lipinski definition) is 4. The van der Waals surface area contributed by atoms with Gasteiger partial charge in [0, 0.05) is 44.8 Å². The Labute approximate surface area is 185 Å². The van der Waals surface area contributed by atoms with Gasteiger partial charge in [-0.1, -0.05) is 12.1 Å². The highest BCUT2D eigenvalue weighted by Gasteiger charge is 2.17. The third kappa shape index (κ3) is 7.40. The van der Waals surface area contributed by atoms with Gasteiger partial charge < -0.3 is 24.8 Å². The number of benzene rings is 1. The van der Waals surface area contributed by atoms with Gasteiger partial charge in [-0.15, -0.1) is 24.0 Å². The van der Waals surface area contributed by atoms with Crippen LogP contribution in [-0.2, 0) is 16.0 Å². The Hall–Kier alpha value is -1.06. The fourth-order valence-corrected chi connectivity index (χ4v) is 3.49. The van der Waals surface area contributed by atoms with Gasteiger partial charge in [-0.2, -0.15) is 0 Å². The van der Waals surface area contributed by atoms with Gasteiger partial charge in [0.2, 0.25) is 0 Å². The SMILES string of the molecule is CN=C(NCCC1CCCO1)NCc1ccc(C)cc1OCC1CCOC1.I. The minimum Gasteiger partial charge on any atom is -0.493 e. The van der Waals surface area contributed by atoms with Crippen LogP contribution in [0.1, 0.15) is 36.8 Å². The molecule has 158 valence electrons. The fourth-order valence-electron chi connectivity index (χ4n) is 3.49. The van der Waals surface area contributed by atoms with Crippen molar-refractivity contribution in [3.05, 3.63) is 29.3 Å². The lowest BCUT2D eigenvalue weighted by Crippen LogP contribution is -2.38. The first-order valence-electron chi connectivity index (χ1n) is 10.1. The molecule has 2 aliphatic heterocycles. The van der Waals surface area contributed by atoms with E-state index in [0.29, 0.717) is 25.2 Å². The van der Waals surface area contributed by atoms with Gasteiger partial charge in [0.15, 0.2) is 5.96 Å². The lowest BCUT2D eigenvalue weighted by atomic mass is 10.1. The molecule has 28 heavy (non-hydrogen) atoms. The Bertz CT molecular complexity index is 615. The molecule has 0 amide bonds. The Morgan fingerprint density at radius 3 is 2.86 bits per heavy atom. The van der Waals surface area contributed by atoms with E-state index in [1.807, 2.05) is 0 Å². The summed E-state index contributed by atoms with van der Waals surface area (Å²) in [5, 5.41) is 6.77. The number of guanidine groups is 1. The Morgan fingerprint density at radius 1 is 1.25 bits per heavy atom. The summed E-state index contributed by atoms with van der Waals surface area (Å²) < 4.78 is 17.2. The van der Waals surface area contributed by atoms with E-state index < -0.39 is 0 Å². The Kier molecular flexibility index (Phi) is 10.4. The number of aryl methyl sites for hydroxylation is 1. The Morgan fingerprint density at radius 2 is 2.14 bits per heavy atom. The van der Waals surface area contributed by atoms with Crippen molar-refractivity contribution in [3.63, 3.8) is 0 Å². The molecule has 0 radical (unpaired) electrons. The second-order valence-electron chi connectivity index (χ2n) is 7.43. The largest absolute Gasteiger partial charge is 0.493 e. The standard InChI is InChI=1S/C21H33N3O3.HI/c1-16-5-6-18(20(12-16)27-15-17-8-11-25-14-17)13-24-21(22-2)23-9-7-19-4-3-10-26-19;/h5-6,12,17,19H,3-4,7-11,13-15H2,1-2H3,(H2,22,23,24);1H. The van der Waals surface area contributed by atoms with E-state index in [2.05, 4.69) is 40.7 Å². The molecule has 0 aromatic heterocycles. The number of aliphatic imine (C=N–C) groups is 1. The zero-order valence-corrected chi connectivity index (χ0v) is 19.4. The van der Waals surface area contributed by atoms with Crippen LogP contribution in [0.2, 0.25) is 0 Å². The highest BCUT2D eigenvalue weighted by molar-refractivity contribution is 14.0. The number of halogens is 1. The number of rotatable bonds is 8. The van der Waals surface area contributed by atoms with Crippen molar-refractivity contribution in [1.29, 1.82) is 0 Å². The van der Waals surface area contributed by atoms with Crippen molar-refractivity contribution in [3.8, 4) is 5.75 Å². The summed E-state index contributed by atoms with van der Waals surface area (Å²) in [6, 6.07) is 6.36. The van der Waals surface area contributed by atoms with Crippen LogP contribution in [-0.4, -0.2) is 52.1 Å². The van der Waals surface area contributed by atoms with Crippen LogP contribution in [0.25, 0.3) is 0 Å². The molecule has 0 spiro atoms. The summed E-state index contributed by atoms with van der Waals surface area (Å²) >= 11 is 0. The summed E-state index contributed by atoms with van der Waals surface area (Å²) in [7, 11) is 1.80. The summed E-state index contributed by atoms with van der Waals surface area (Å²) in [5.41, 5.74) is 2.34. The second kappa shape index (κ2) is 12.5. The molecule has 6 nitrogen and oxygen atoms in total. The van der Waals surface area contributed by atoms with Gasteiger partial charge in [-0.25, -0.2) is 0 Å². The van der Waals surface area contributed by atoms with Crippen LogP contribution in [0.15, 0.2) is 23.2 Å². The number of nitrogens with one attached hydrogen (secondary N) is 2. The molecule has 2 aliphatic rings. The van der Waals surface area contributed by atoms with Gasteiger partial charge in [-0.3, -0.25) is 4.99 Å². The highest BCUT2D eigenvalue weighted by atomic mass is 127. The molecule has 7 heteroatoms. The fraction of sp³-hybridized carbons (Fsp3) is 0.667. The first-order chi connectivity index (χ1) is 13.2. The van der Waals surface area contributed by atoms with E-state index in [0.717, 1.165) is 56.5 Å². The third-order valence-corrected chi connectivity index (χ3v) is 5.17. The summed E-state index contributed by atoms with van der Waals surface area (Å²) in [4.78, 5) is 4.32. The minimum absolute atomic E-state index is 0. The molecule has 1 aromatic carbocycles. The normalized spacial score (nSPS) is 22.0. The van der Waals surface area contributed by atoms with Crippen LogP contribution in [0.3, 0.4) is 0 Å². The van der Waals surface area contributed by atoms with Crippen LogP contribution in [0.5, 0.6) is 5.75 Å². The van der Waals surface area contributed by atoms with E-state index in [-0.39, 0.29) is 24.0 Å². The first-order valence-corrected chi connectivity index (χ1v) is 10.1. The second-order valence-corrected chi connectivity index (χ2v) is 7.43. The van der Waals surface area contributed by atoms with Crippen molar-refractivity contribution in [1.82, 2.24) is 10.6 Å². The van der Waals surface area contributed by atoms with Crippen LogP contribution in [0.4, 0.5) is 0 Å². The molecule has 2 fully saturated rings. The van der Waals surface area contributed by atoms with Crippen molar-refractivity contribution >= 4 is 29.9 Å². The molecular weight excluding hydrogens is 469 g/mol. The van der Waals surface area contributed by atoms with E-state index >= 15 is 0 Å². The van der Waals surface area contributed by atoms with Crippen molar-refractivity contribution in [2.24, 2.45) is 10.9 Å². The summed E-state index contributed by atoms with van der Waals surface area (Å²) in [5.74, 6) is 2.26. The average molecular weight is 503 g/mol. The number of nitrogens with zero attached hydrogens (tertiary/aromatic N) is 1. The zero-order valence-electron chi connectivity index (χ0n) is 17.0. The van der Waals surface area contributed by atoms with Crippen molar-refractivity contribution < 1.29 is 14.2 Å². The molecule has 2 saturated heterocycles. The Balaban J connectivity index is 0.00000280. The molecule has 0 bridgehead atoms. The molecule has 2 atom stereocenters. The maximum Gasteiger partial charge on any atom is 0.191 e. The van der Waals surface area contributed by atoms with Gasteiger partial charge in [0.05, 0.1) is 19.3 Å². The van der Waals surface area contributed by atoms with Gasteiger partial charge in [0.1, 0.15) is 5.75 Å². The van der Waals surface area contributed by atoms with E-state index in [9.17, 15) is 0 Å². The maximum atomic E-state index is 6.12. The van der Waals surface area contributed by atoms with Crippen LogP contribution in [0, 0.1) is 12.8 Å². The average Bonchev–Trinajstić information content (AvgIpc) is 3.37. The minimum atomic E-state index is 0. The maximum absolute atomic E-state index is 6.12. The monoisotopic (exact) mass is 503 g/mol. The lowest BCUT2D eigenvalue weighted by molar-refractivity contribution is 0.105. The molecule has 2 heterocycles. The third-order valence-electron chi connectivity index (χ3n) is 5.17. The zero-order chi connectivity index (χ0) is 18.9. The van der Waals surface area contributed by atoms with E-state index in [4.69, 9.17) is 14.2 Å². The molecule has 2 N–H and O–H groups in total. The van der Waals surface area contributed by atoms with Crippen molar-refractivity contribution in [2.45, 2.75) is 45.3 Å². The molecule has 0 saturated carbocycles. The molecule has 0 aliphatic carbocycles. The molecular formula is C21H34IN3O3. The first kappa shape index (κ1) is 23.2. The topological polar surface area (TPSA) is 64.1 Å². The highest BCUT2D eigenvalue weighted by Crippen LogP contribution is 2.22. The smallest absolute Gasteiger partial charge is 0.191 e. The van der Waals surface area contributed by atoms with Crippen molar-refractivity contribution in [2.75, 3.05) is 40.0 Å².